The lowest BCUT2D eigenvalue weighted by molar-refractivity contribution is 0.807. The van der Waals surface area contributed by atoms with E-state index < -0.39 is 0 Å². The van der Waals surface area contributed by atoms with Crippen LogP contribution in [0.15, 0.2) is 5.38 Å². The van der Waals surface area contributed by atoms with Crippen molar-refractivity contribution in [3.63, 3.8) is 0 Å². The predicted octanol–water partition coefficient (Wildman–Crippen LogP) is 1.57. The molecule has 1 aliphatic rings. The van der Waals surface area contributed by atoms with Gasteiger partial charge in [-0.15, -0.1) is 11.3 Å². The van der Waals surface area contributed by atoms with Crippen molar-refractivity contribution in [3.05, 3.63) is 16.1 Å². The first-order valence-electron chi connectivity index (χ1n) is 4.50. The Morgan fingerprint density at radius 2 is 2.46 bits per heavy atom. The fourth-order valence-electron chi connectivity index (χ4n) is 1.30. The first-order chi connectivity index (χ1) is 6.24. The molecule has 0 saturated heterocycles. The molecule has 1 aliphatic carbocycles. The maximum atomic E-state index is 7.14. The van der Waals surface area contributed by atoms with Gasteiger partial charge in [0.05, 0.1) is 18.0 Å². The van der Waals surface area contributed by atoms with E-state index in [9.17, 15) is 0 Å². The van der Waals surface area contributed by atoms with Crippen LogP contribution in [0.5, 0.6) is 0 Å². The van der Waals surface area contributed by atoms with Gasteiger partial charge in [0.1, 0.15) is 5.01 Å². The summed E-state index contributed by atoms with van der Waals surface area (Å²) in [7, 11) is 0. The number of nitrogens with zero attached hydrogens (tertiary/aromatic N) is 1. The van der Waals surface area contributed by atoms with Crippen molar-refractivity contribution in [2.75, 3.05) is 0 Å². The van der Waals surface area contributed by atoms with Crippen LogP contribution in [0.3, 0.4) is 0 Å². The minimum Gasteiger partial charge on any atom is -0.387 e. The highest BCUT2D eigenvalue weighted by atomic mass is 32.1. The normalized spacial score (nSPS) is 16.0. The van der Waals surface area contributed by atoms with Crippen molar-refractivity contribution in [1.29, 1.82) is 5.41 Å². The van der Waals surface area contributed by atoms with Gasteiger partial charge >= 0.3 is 0 Å². The summed E-state index contributed by atoms with van der Waals surface area (Å²) in [4.78, 5) is 4.43. The minimum absolute atomic E-state index is 0.201. The van der Waals surface area contributed by atoms with Crippen molar-refractivity contribution < 1.29 is 0 Å². The van der Waals surface area contributed by atoms with Gasteiger partial charge in [0.2, 0.25) is 0 Å². The molecule has 0 spiro atoms. The lowest BCUT2D eigenvalue weighted by atomic mass is 10.2. The summed E-state index contributed by atoms with van der Waals surface area (Å²) in [5.41, 5.74) is 6.48. The van der Waals surface area contributed by atoms with Gasteiger partial charge in [0, 0.05) is 5.38 Å². The molecule has 13 heavy (non-hydrogen) atoms. The third-order valence-electron chi connectivity index (χ3n) is 2.14. The van der Waals surface area contributed by atoms with E-state index in [1.54, 1.807) is 11.3 Å². The zero-order chi connectivity index (χ0) is 9.26. The Bertz CT molecular complexity index is 314. The quantitative estimate of drug-likeness (QED) is 0.566. The second kappa shape index (κ2) is 3.46. The maximum absolute atomic E-state index is 7.14. The smallest absolute Gasteiger partial charge is 0.100 e. The zero-order valence-corrected chi connectivity index (χ0v) is 8.23. The van der Waals surface area contributed by atoms with Crippen LogP contribution in [0, 0.1) is 11.3 Å². The number of thiazole rings is 1. The highest BCUT2D eigenvalue weighted by Crippen LogP contribution is 2.32. The summed E-state index contributed by atoms with van der Waals surface area (Å²) < 4.78 is 0. The van der Waals surface area contributed by atoms with Gasteiger partial charge in [-0.1, -0.05) is 0 Å². The Balaban J connectivity index is 1.95. The Labute approximate surface area is 81.5 Å². The molecule has 0 atom stereocenters. The van der Waals surface area contributed by atoms with E-state index in [4.69, 9.17) is 11.1 Å². The van der Waals surface area contributed by atoms with Gasteiger partial charge in [-0.05, 0) is 25.2 Å². The molecule has 3 nitrogen and oxygen atoms in total. The Morgan fingerprint density at radius 1 is 1.69 bits per heavy atom. The second-order valence-corrected chi connectivity index (χ2v) is 4.52. The average Bonchev–Trinajstić information content (AvgIpc) is 2.73. The zero-order valence-electron chi connectivity index (χ0n) is 7.42. The highest BCUT2D eigenvalue weighted by Gasteiger charge is 2.22. The van der Waals surface area contributed by atoms with Gasteiger partial charge < -0.3 is 5.73 Å². The molecule has 1 aromatic heterocycles. The van der Waals surface area contributed by atoms with E-state index in [0.717, 1.165) is 17.3 Å². The Morgan fingerprint density at radius 3 is 3.08 bits per heavy atom. The average molecular weight is 195 g/mol. The van der Waals surface area contributed by atoms with Crippen LogP contribution in [-0.2, 0) is 12.8 Å². The van der Waals surface area contributed by atoms with Crippen LogP contribution in [0.25, 0.3) is 0 Å². The van der Waals surface area contributed by atoms with E-state index in [0.29, 0.717) is 6.42 Å². The molecule has 0 radical (unpaired) electrons. The lowest BCUT2D eigenvalue weighted by Crippen LogP contribution is -2.12. The number of nitrogens with one attached hydrogen (secondary N) is 1. The van der Waals surface area contributed by atoms with Crippen LogP contribution in [0.4, 0.5) is 0 Å². The van der Waals surface area contributed by atoms with Crippen LogP contribution >= 0.6 is 11.3 Å². The largest absolute Gasteiger partial charge is 0.387 e. The molecule has 2 rings (SSSR count). The van der Waals surface area contributed by atoms with Gasteiger partial charge in [-0.3, -0.25) is 5.41 Å². The van der Waals surface area contributed by atoms with Gasteiger partial charge in [0.25, 0.3) is 0 Å². The Kier molecular flexibility index (Phi) is 2.31. The topological polar surface area (TPSA) is 62.8 Å². The van der Waals surface area contributed by atoms with E-state index in [1.165, 1.54) is 18.5 Å². The summed E-state index contributed by atoms with van der Waals surface area (Å²) in [6.07, 6.45) is 4.35. The molecule has 0 bridgehead atoms. The van der Waals surface area contributed by atoms with Crippen LogP contribution in [0.2, 0.25) is 0 Å². The first-order valence-corrected chi connectivity index (χ1v) is 5.38. The maximum Gasteiger partial charge on any atom is 0.100 e. The summed E-state index contributed by atoms with van der Waals surface area (Å²) >= 11 is 1.62. The van der Waals surface area contributed by atoms with Crippen LogP contribution < -0.4 is 5.73 Å². The Hall–Kier alpha value is -0.900. The molecule has 70 valence electrons. The first kappa shape index (κ1) is 8.69. The van der Waals surface area contributed by atoms with Crippen molar-refractivity contribution in [3.8, 4) is 0 Å². The monoisotopic (exact) mass is 195 g/mol. The molecule has 4 heteroatoms. The molecular formula is C9H13N3S. The van der Waals surface area contributed by atoms with E-state index >= 15 is 0 Å². The lowest BCUT2D eigenvalue weighted by Gasteiger charge is -1.92. The molecule has 0 amide bonds. The highest BCUT2D eigenvalue weighted by molar-refractivity contribution is 7.09. The number of rotatable bonds is 4. The van der Waals surface area contributed by atoms with Gasteiger partial charge in [-0.2, -0.15) is 0 Å². The third kappa shape index (κ3) is 2.52. The number of aromatic nitrogens is 1. The molecule has 1 aromatic rings. The van der Waals surface area contributed by atoms with Crippen molar-refractivity contribution in [1.82, 2.24) is 4.98 Å². The minimum atomic E-state index is 0.201. The van der Waals surface area contributed by atoms with Crippen LogP contribution in [0.1, 0.15) is 23.5 Å². The second-order valence-electron chi connectivity index (χ2n) is 3.58. The molecule has 1 fully saturated rings. The van der Waals surface area contributed by atoms with Crippen molar-refractivity contribution in [2.45, 2.75) is 25.7 Å². The fourth-order valence-corrected chi connectivity index (χ4v) is 2.13. The van der Waals surface area contributed by atoms with Crippen molar-refractivity contribution in [2.24, 2.45) is 11.7 Å². The molecule has 0 unspecified atom stereocenters. The fraction of sp³-hybridized carbons (Fsp3) is 0.556. The molecule has 1 saturated carbocycles. The number of nitrogens with two attached hydrogens (primary N) is 1. The van der Waals surface area contributed by atoms with E-state index in [2.05, 4.69) is 10.4 Å². The van der Waals surface area contributed by atoms with E-state index in [1.807, 2.05) is 0 Å². The number of hydrogen-bond donors (Lipinski definition) is 2. The van der Waals surface area contributed by atoms with Crippen LogP contribution in [-0.4, -0.2) is 10.8 Å². The van der Waals surface area contributed by atoms with Crippen molar-refractivity contribution >= 4 is 17.2 Å². The summed E-state index contributed by atoms with van der Waals surface area (Å²) in [6, 6.07) is 0. The SMILES string of the molecule is N=C(N)Cc1nc(CC2CC2)cs1. The predicted molar refractivity (Wildman–Crippen MR) is 54.2 cm³/mol. The molecule has 3 N–H and O–H groups in total. The van der Waals surface area contributed by atoms with Gasteiger partial charge in [0.15, 0.2) is 0 Å². The summed E-state index contributed by atoms with van der Waals surface area (Å²) in [5, 5.41) is 10.2. The standard InChI is InChI=1S/C9H13N3S/c10-8(11)4-9-12-7(5-13-9)3-6-1-2-6/h5-6H,1-4H2,(H3,10,11). The summed E-state index contributed by atoms with van der Waals surface area (Å²) in [5.74, 6) is 1.08. The number of amidine groups is 1. The third-order valence-corrected chi connectivity index (χ3v) is 3.03. The molecule has 0 aliphatic heterocycles. The van der Waals surface area contributed by atoms with Gasteiger partial charge in [-0.25, -0.2) is 4.98 Å². The van der Waals surface area contributed by atoms with E-state index in [-0.39, 0.29) is 5.84 Å². The number of hydrogen-bond acceptors (Lipinski definition) is 3. The molecule has 1 heterocycles. The summed E-state index contributed by atoms with van der Waals surface area (Å²) in [6.45, 7) is 0. The molecular weight excluding hydrogens is 182 g/mol. The molecule has 0 aromatic carbocycles.